The van der Waals surface area contributed by atoms with Crippen LogP contribution in [0.1, 0.15) is 54.0 Å². The van der Waals surface area contributed by atoms with E-state index in [9.17, 15) is 9.90 Å². The molecule has 3 rings (SSSR count). The van der Waals surface area contributed by atoms with Crippen LogP contribution in [0.2, 0.25) is 0 Å². The van der Waals surface area contributed by atoms with Crippen molar-refractivity contribution in [1.29, 1.82) is 0 Å². The van der Waals surface area contributed by atoms with Crippen molar-refractivity contribution >= 4 is 33.1 Å². The van der Waals surface area contributed by atoms with E-state index in [1.165, 1.54) is 11.3 Å². The maximum absolute atomic E-state index is 12.5. The Bertz CT molecular complexity index is 953. The molecule has 148 valence electrons. The van der Waals surface area contributed by atoms with Crippen molar-refractivity contribution in [2.24, 2.45) is 0 Å². The minimum Gasteiger partial charge on any atom is -0.383 e. The van der Waals surface area contributed by atoms with E-state index in [0.29, 0.717) is 23.6 Å². The molecule has 0 fully saturated rings. The molecule has 1 aromatic carbocycles. The van der Waals surface area contributed by atoms with Gasteiger partial charge in [-0.05, 0) is 30.5 Å². The zero-order chi connectivity index (χ0) is 20.1. The summed E-state index contributed by atoms with van der Waals surface area (Å²) in [6.07, 6.45) is 1.39. The number of amides is 1. The van der Waals surface area contributed by atoms with Crippen LogP contribution in [-0.2, 0) is 16.1 Å². The molecule has 0 saturated heterocycles. The number of carbonyl (C=O) groups is 1. The van der Waals surface area contributed by atoms with Crippen LogP contribution in [-0.4, -0.2) is 23.1 Å². The Morgan fingerprint density at radius 2 is 2.07 bits per heavy atom. The van der Waals surface area contributed by atoms with Crippen LogP contribution in [0.25, 0.3) is 10.2 Å². The first kappa shape index (κ1) is 20.5. The number of aliphatic hydroxyl groups excluding tert-OH is 1. The third-order valence-corrected chi connectivity index (χ3v) is 5.72. The van der Waals surface area contributed by atoms with Crippen LogP contribution in [0.3, 0.4) is 0 Å². The summed E-state index contributed by atoms with van der Waals surface area (Å²) in [5, 5.41) is 15.0. The van der Waals surface area contributed by atoms with Crippen LogP contribution < -0.4 is 5.32 Å². The van der Waals surface area contributed by atoms with Gasteiger partial charge in [-0.3, -0.25) is 4.79 Å². The number of benzene rings is 1. The van der Waals surface area contributed by atoms with E-state index < -0.39 is 6.10 Å². The summed E-state index contributed by atoms with van der Waals surface area (Å²) in [4.78, 5) is 18.7. The first-order valence-electron chi connectivity index (χ1n) is 9.49. The number of ether oxygens (including phenoxy) is 1. The number of unbranched alkanes of at least 4 members (excludes halogenated alkanes) is 1. The Morgan fingerprint density at radius 1 is 1.32 bits per heavy atom. The molecule has 2 aromatic heterocycles. The van der Waals surface area contributed by atoms with E-state index in [1.54, 1.807) is 7.11 Å². The lowest BCUT2D eigenvalue weighted by Gasteiger charge is -2.14. The molecule has 0 spiro atoms. The van der Waals surface area contributed by atoms with Gasteiger partial charge in [0.15, 0.2) is 0 Å². The number of hydrogen-bond acceptors (Lipinski definition) is 5. The summed E-state index contributed by atoms with van der Waals surface area (Å²) in [7, 11) is 1.65. The van der Waals surface area contributed by atoms with Gasteiger partial charge in [-0.2, -0.15) is 0 Å². The summed E-state index contributed by atoms with van der Waals surface area (Å²) in [5.41, 5.74) is 3.27. The summed E-state index contributed by atoms with van der Waals surface area (Å²) in [5.74, 6) is -0.0491. The SMILES string of the molecule is CCCCC(=O)Nc1c([C@@H](O)c2ccccc2)sc2nc(C)cc(COC)c12. The quantitative estimate of drug-likeness (QED) is 0.562. The summed E-state index contributed by atoms with van der Waals surface area (Å²) in [6.45, 7) is 4.40. The molecule has 28 heavy (non-hydrogen) atoms. The van der Waals surface area contributed by atoms with Crippen molar-refractivity contribution in [3.8, 4) is 0 Å². The number of fused-ring (bicyclic) bond motifs is 1. The Morgan fingerprint density at radius 3 is 2.75 bits per heavy atom. The molecular weight excluding hydrogens is 372 g/mol. The van der Waals surface area contributed by atoms with Gasteiger partial charge >= 0.3 is 0 Å². The van der Waals surface area contributed by atoms with Crippen LogP contribution in [0.5, 0.6) is 0 Å². The number of hydrogen-bond donors (Lipinski definition) is 2. The Labute approximate surface area is 169 Å². The summed E-state index contributed by atoms with van der Waals surface area (Å²) >= 11 is 1.42. The number of carbonyl (C=O) groups excluding carboxylic acids is 1. The van der Waals surface area contributed by atoms with Crippen molar-refractivity contribution in [2.45, 2.75) is 45.8 Å². The second-order valence-electron chi connectivity index (χ2n) is 6.84. The molecule has 0 aliphatic carbocycles. The number of aryl methyl sites for hydroxylation is 1. The molecule has 0 aliphatic rings. The van der Waals surface area contributed by atoms with E-state index in [0.717, 1.165) is 39.9 Å². The summed E-state index contributed by atoms with van der Waals surface area (Å²) < 4.78 is 5.37. The number of nitrogens with zero attached hydrogens (tertiary/aromatic N) is 1. The highest BCUT2D eigenvalue weighted by Crippen LogP contribution is 2.43. The molecule has 0 radical (unpaired) electrons. The van der Waals surface area contributed by atoms with Crippen molar-refractivity contribution in [2.75, 3.05) is 12.4 Å². The van der Waals surface area contributed by atoms with E-state index in [-0.39, 0.29) is 5.91 Å². The first-order valence-corrected chi connectivity index (χ1v) is 10.3. The third kappa shape index (κ3) is 4.41. The number of aromatic nitrogens is 1. The lowest BCUT2D eigenvalue weighted by atomic mass is 10.0. The van der Waals surface area contributed by atoms with Crippen molar-refractivity contribution in [3.63, 3.8) is 0 Å². The Hall–Kier alpha value is -2.28. The molecule has 1 amide bonds. The minimum atomic E-state index is -0.836. The monoisotopic (exact) mass is 398 g/mol. The van der Waals surface area contributed by atoms with Gasteiger partial charge in [0, 0.05) is 24.6 Å². The highest BCUT2D eigenvalue weighted by Gasteiger charge is 2.24. The average molecular weight is 399 g/mol. The van der Waals surface area contributed by atoms with Crippen LogP contribution in [0.4, 0.5) is 5.69 Å². The van der Waals surface area contributed by atoms with Gasteiger partial charge < -0.3 is 15.2 Å². The second kappa shape index (κ2) is 9.28. The number of nitrogens with one attached hydrogen (secondary N) is 1. The fourth-order valence-electron chi connectivity index (χ4n) is 3.24. The van der Waals surface area contributed by atoms with Crippen molar-refractivity contribution in [3.05, 3.63) is 58.1 Å². The molecule has 0 bridgehead atoms. The molecule has 0 saturated carbocycles. The van der Waals surface area contributed by atoms with Gasteiger partial charge in [0.1, 0.15) is 10.9 Å². The van der Waals surface area contributed by atoms with Gasteiger partial charge in [0.05, 0.1) is 17.2 Å². The van der Waals surface area contributed by atoms with Gasteiger partial charge in [-0.25, -0.2) is 4.98 Å². The van der Waals surface area contributed by atoms with Gasteiger partial charge in [-0.1, -0.05) is 43.7 Å². The number of anilines is 1. The lowest BCUT2D eigenvalue weighted by molar-refractivity contribution is -0.116. The zero-order valence-corrected chi connectivity index (χ0v) is 17.3. The van der Waals surface area contributed by atoms with E-state index in [4.69, 9.17) is 4.74 Å². The number of rotatable bonds is 8. The van der Waals surface area contributed by atoms with Gasteiger partial charge in [0.2, 0.25) is 5.91 Å². The molecule has 2 N–H and O–H groups in total. The molecule has 5 nitrogen and oxygen atoms in total. The molecule has 0 unspecified atom stereocenters. The molecule has 2 heterocycles. The average Bonchev–Trinajstić information content (AvgIpc) is 3.04. The predicted molar refractivity (Wildman–Crippen MR) is 114 cm³/mol. The van der Waals surface area contributed by atoms with Crippen molar-refractivity contribution < 1.29 is 14.6 Å². The highest BCUT2D eigenvalue weighted by molar-refractivity contribution is 7.19. The first-order chi connectivity index (χ1) is 13.5. The minimum absolute atomic E-state index is 0.0491. The van der Waals surface area contributed by atoms with E-state index in [2.05, 4.69) is 17.2 Å². The van der Waals surface area contributed by atoms with Gasteiger partial charge in [-0.15, -0.1) is 11.3 Å². The maximum atomic E-state index is 12.5. The fraction of sp³-hybridized carbons (Fsp3) is 0.364. The fourth-order valence-corrected chi connectivity index (χ4v) is 4.48. The lowest BCUT2D eigenvalue weighted by Crippen LogP contribution is -2.13. The zero-order valence-electron chi connectivity index (χ0n) is 16.5. The smallest absolute Gasteiger partial charge is 0.224 e. The largest absolute Gasteiger partial charge is 0.383 e. The molecular formula is C22H26N2O3S. The second-order valence-corrected chi connectivity index (χ2v) is 7.87. The molecule has 6 heteroatoms. The number of methoxy groups -OCH3 is 1. The third-order valence-electron chi connectivity index (χ3n) is 4.58. The van der Waals surface area contributed by atoms with E-state index in [1.807, 2.05) is 43.3 Å². The van der Waals surface area contributed by atoms with Crippen LogP contribution >= 0.6 is 11.3 Å². The number of pyridine rings is 1. The van der Waals surface area contributed by atoms with Crippen molar-refractivity contribution in [1.82, 2.24) is 4.98 Å². The standard InChI is InChI=1S/C22H26N2O3S/c1-4-5-11-17(25)24-19-18-16(13-27-3)12-14(2)23-22(18)28-21(19)20(26)15-9-7-6-8-10-15/h6-10,12,20,26H,4-5,11,13H2,1-3H3,(H,24,25)/t20-/m0/s1. The Kier molecular flexibility index (Phi) is 6.78. The summed E-state index contributed by atoms with van der Waals surface area (Å²) in [6, 6.07) is 11.4. The van der Waals surface area contributed by atoms with Gasteiger partial charge in [0.25, 0.3) is 0 Å². The normalized spacial score (nSPS) is 12.3. The van der Waals surface area contributed by atoms with E-state index >= 15 is 0 Å². The van der Waals surface area contributed by atoms with Crippen LogP contribution in [0, 0.1) is 6.92 Å². The number of thiophene rings is 1. The topological polar surface area (TPSA) is 71.5 Å². The maximum Gasteiger partial charge on any atom is 0.224 e. The highest BCUT2D eigenvalue weighted by atomic mass is 32.1. The predicted octanol–water partition coefficient (Wildman–Crippen LogP) is 4.96. The number of aliphatic hydroxyl groups is 1. The molecule has 3 aromatic rings. The van der Waals surface area contributed by atoms with Crippen LogP contribution in [0.15, 0.2) is 36.4 Å². The molecule has 1 atom stereocenters. The molecule has 0 aliphatic heterocycles. The Balaban J connectivity index is 2.14.